The second-order valence-corrected chi connectivity index (χ2v) is 5.19. The Kier molecular flexibility index (Phi) is 5.16. The second kappa shape index (κ2) is 6.70. The smallest absolute Gasteiger partial charge is 0.330 e. The van der Waals surface area contributed by atoms with E-state index in [-0.39, 0.29) is 5.92 Å². The van der Waals surface area contributed by atoms with Crippen molar-refractivity contribution in [2.75, 3.05) is 13.2 Å². The highest BCUT2D eigenvalue weighted by molar-refractivity contribution is 5.26. The molecular weight excluding hydrogens is 290 g/mol. The fourth-order valence-corrected chi connectivity index (χ4v) is 2.51. The highest BCUT2D eigenvalue weighted by Crippen LogP contribution is 2.32. The lowest BCUT2D eigenvalue weighted by Gasteiger charge is -2.28. The standard InChI is InChI=1S/C14H17F4NO2/c15-13(16)14(17,18)8-21-7-11(20)10-5-1-3-9-4-2-6-19-12(9)10/h2,4,6,10-11,13,20H,1,3,5,7-8H2. The van der Waals surface area contributed by atoms with Crippen LogP contribution in [0, 0.1) is 0 Å². The van der Waals surface area contributed by atoms with Gasteiger partial charge in [-0.05, 0) is 30.9 Å². The van der Waals surface area contributed by atoms with Gasteiger partial charge in [-0.15, -0.1) is 0 Å². The van der Waals surface area contributed by atoms with Gasteiger partial charge in [-0.2, -0.15) is 8.78 Å². The van der Waals surface area contributed by atoms with Crippen LogP contribution >= 0.6 is 0 Å². The van der Waals surface area contributed by atoms with Crippen LogP contribution in [0.4, 0.5) is 17.6 Å². The van der Waals surface area contributed by atoms with Crippen LogP contribution in [0.5, 0.6) is 0 Å². The SMILES string of the molecule is OC(COCC(F)(F)C(F)F)C1CCCc2cccnc21. The third-order valence-corrected chi connectivity index (χ3v) is 3.61. The van der Waals surface area contributed by atoms with Crippen molar-refractivity contribution in [2.24, 2.45) is 0 Å². The fraction of sp³-hybridized carbons (Fsp3) is 0.643. The number of aromatic nitrogens is 1. The van der Waals surface area contributed by atoms with Crippen molar-refractivity contribution in [2.45, 2.75) is 43.6 Å². The van der Waals surface area contributed by atoms with Gasteiger partial charge in [0.15, 0.2) is 0 Å². The van der Waals surface area contributed by atoms with E-state index in [0.29, 0.717) is 6.42 Å². The molecule has 1 aromatic heterocycles. The molecule has 1 N–H and O–H groups in total. The molecule has 1 aromatic rings. The Labute approximate surface area is 119 Å². The van der Waals surface area contributed by atoms with E-state index in [2.05, 4.69) is 9.72 Å². The lowest BCUT2D eigenvalue weighted by atomic mass is 9.83. The molecule has 1 aliphatic carbocycles. The Hall–Kier alpha value is -1.21. The number of aliphatic hydroxyl groups is 1. The first-order chi connectivity index (χ1) is 9.92. The lowest BCUT2D eigenvalue weighted by Crippen LogP contribution is -2.35. The average molecular weight is 307 g/mol. The van der Waals surface area contributed by atoms with E-state index in [1.807, 2.05) is 6.07 Å². The summed E-state index contributed by atoms with van der Waals surface area (Å²) in [5.74, 6) is -4.50. The summed E-state index contributed by atoms with van der Waals surface area (Å²) in [5, 5.41) is 10.1. The Morgan fingerprint density at radius 1 is 1.43 bits per heavy atom. The van der Waals surface area contributed by atoms with Crippen LogP contribution in [0.1, 0.15) is 30.0 Å². The van der Waals surface area contributed by atoms with Crippen LogP contribution in [-0.4, -0.2) is 41.8 Å². The van der Waals surface area contributed by atoms with E-state index in [1.165, 1.54) is 0 Å². The molecule has 21 heavy (non-hydrogen) atoms. The molecule has 0 saturated carbocycles. The Morgan fingerprint density at radius 3 is 2.90 bits per heavy atom. The molecule has 1 aliphatic rings. The maximum atomic E-state index is 12.7. The third kappa shape index (κ3) is 3.91. The minimum absolute atomic E-state index is 0.310. The molecule has 2 rings (SSSR count). The maximum Gasteiger partial charge on any atom is 0.330 e. The predicted octanol–water partition coefficient (Wildman–Crippen LogP) is 2.78. The number of aliphatic hydroxyl groups excluding tert-OH is 1. The summed E-state index contributed by atoms with van der Waals surface area (Å²) in [5.41, 5.74) is 1.76. The fourth-order valence-electron chi connectivity index (χ4n) is 2.51. The van der Waals surface area contributed by atoms with E-state index >= 15 is 0 Å². The first kappa shape index (κ1) is 16.2. The molecule has 1 heterocycles. The molecule has 0 amide bonds. The highest BCUT2D eigenvalue weighted by Gasteiger charge is 2.41. The molecule has 118 valence electrons. The number of hydrogen-bond acceptors (Lipinski definition) is 3. The van der Waals surface area contributed by atoms with E-state index in [1.54, 1.807) is 12.3 Å². The molecule has 2 unspecified atom stereocenters. The van der Waals surface area contributed by atoms with Crippen molar-refractivity contribution in [3.8, 4) is 0 Å². The van der Waals surface area contributed by atoms with Crippen molar-refractivity contribution >= 4 is 0 Å². The Bertz CT molecular complexity index is 470. The summed E-state index contributed by atoms with van der Waals surface area (Å²) in [6.45, 7) is -1.81. The summed E-state index contributed by atoms with van der Waals surface area (Å²) in [6.07, 6.45) is -0.820. The number of hydrogen-bond donors (Lipinski definition) is 1. The van der Waals surface area contributed by atoms with Crippen molar-refractivity contribution < 1.29 is 27.4 Å². The van der Waals surface area contributed by atoms with Gasteiger partial charge in [0.2, 0.25) is 0 Å². The van der Waals surface area contributed by atoms with Gasteiger partial charge in [0.25, 0.3) is 0 Å². The van der Waals surface area contributed by atoms with E-state index in [4.69, 9.17) is 0 Å². The van der Waals surface area contributed by atoms with Crippen LogP contribution < -0.4 is 0 Å². The van der Waals surface area contributed by atoms with Crippen molar-refractivity contribution in [3.05, 3.63) is 29.6 Å². The molecule has 7 heteroatoms. The molecule has 0 fully saturated rings. The van der Waals surface area contributed by atoms with Crippen molar-refractivity contribution in [3.63, 3.8) is 0 Å². The van der Waals surface area contributed by atoms with Gasteiger partial charge in [-0.25, -0.2) is 8.78 Å². The monoisotopic (exact) mass is 307 g/mol. The number of rotatable bonds is 6. The van der Waals surface area contributed by atoms with Gasteiger partial charge >= 0.3 is 12.3 Å². The Balaban J connectivity index is 1.92. The van der Waals surface area contributed by atoms with Gasteiger partial charge in [0, 0.05) is 17.8 Å². The summed E-state index contributed by atoms with van der Waals surface area (Å²) < 4.78 is 54.0. The van der Waals surface area contributed by atoms with Crippen molar-refractivity contribution in [1.82, 2.24) is 4.98 Å². The zero-order chi connectivity index (χ0) is 15.5. The van der Waals surface area contributed by atoms with Crippen LogP contribution in [0.15, 0.2) is 18.3 Å². The Morgan fingerprint density at radius 2 is 2.19 bits per heavy atom. The van der Waals surface area contributed by atoms with Crippen molar-refractivity contribution in [1.29, 1.82) is 0 Å². The summed E-state index contributed by atoms with van der Waals surface area (Å²) in [6, 6.07) is 3.71. The number of alkyl halides is 4. The molecule has 0 spiro atoms. The minimum atomic E-state index is -4.19. The van der Waals surface area contributed by atoms with E-state index in [0.717, 1.165) is 24.1 Å². The maximum absolute atomic E-state index is 12.7. The molecule has 2 atom stereocenters. The summed E-state index contributed by atoms with van der Waals surface area (Å²) in [4.78, 5) is 4.22. The van der Waals surface area contributed by atoms with Crippen LogP contribution in [0.25, 0.3) is 0 Å². The molecular formula is C14H17F4NO2. The third-order valence-electron chi connectivity index (χ3n) is 3.61. The number of ether oxygens (including phenoxy) is 1. The van der Waals surface area contributed by atoms with Gasteiger partial charge in [-0.1, -0.05) is 6.07 Å². The largest absolute Gasteiger partial charge is 0.390 e. The highest BCUT2D eigenvalue weighted by atomic mass is 19.3. The summed E-state index contributed by atoms with van der Waals surface area (Å²) in [7, 11) is 0. The van der Waals surface area contributed by atoms with Crippen LogP contribution in [-0.2, 0) is 11.2 Å². The quantitative estimate of drug-likeness (QED) is 0.822. The van der Waals surface area contributed by atoms with Crippen LogP contribution in [0.2, 0.25) is 0 Å². The predicted molar refractivity (Wildman–Crippen MR) is 67.7 cm³/mol. The van der Waals surface area contributed by atoms with E-state index in [9.17, 15) is 22.7 Å². The zero-order valence-corrected chi connectivity index (χ0v) is 11.3. The van der Waals surface area contributed by atoms with Gasteiger partial charge in [-0.3, -0.25) is 4.98 Å². The normalized spacial score (nSPS) is 20.4. The van der Waals surface area contributed by atoms with Gasteiger partial charge in [0.1, 0.15) is 6.61 Å². The number of nitrogens with zero attached hydrogens (tertiary/aromatic N) is 1. The first-order valence-corrected chi connectivity index (χ1v) is 6.77. The minimum Gasteiger partial charge on any atom is -0.390 e. The first-order valence-electron chi connectivity index (χ1n) is 6.77. The molecule has 0 bridgehead atoms. The number of pyridine rings is 1. The number of halogens is 4. The summed E-state index contributed by atoms with van der Waals surface area (Å²) >= 11 is 0. The lowest BCUT2D eigenvalue weighted by molar-refractivity contribution is -0.171. The molecule has 0 aromatic carbocycles. The molecule has 0 radical (unpaired) electrons. The van der Waals surface area contributed by atoms with Gasteiger partial charge in [0.05, 0.1) is 12.7 Å². The van der Waals surface area contributed by atoms with E-state index < -0.39 is 31.7 Å². The van der Waals surface area contributed by atoms with Crippen LogP contribution in [0.3, 0.4) is 0 Å². The number of aryl methyl sites for hydroxylation is 1. The topological polar surface area (TPSA) is 42.4 Å². The molecule has 3 nitrogen and oxygen atoms in total. The van der Waals surface area contributed by atoms with Gasteiger partial charge < -0.3 is 9.84 Å². The molecule has 0 saturated heterocycles. The number of fused-ring (bicyclic) bond motifs is 1. The zero-order valence-electron chi connectivity index (χ0n) is 11.3. The average Bonchev–Trinajstić information content (AvgIpc) is 2.46. The second-order valence-electron chi connectivity index (χ2n) is 5.19. The molecule has 0 aliphatic heterocycles.